The van der Waals surface area contributed by atoms with Crippen LogP contribution in [0.15, 0.2) is 65.6 Å². The van der Waals surface area contributed by atoms with Gasteiger partial charge in [-0.25, -0.2) is 4.98 Å². The van der Waals surface area contributed by atoms with Gasteiger partial charge in [-0.3, -0.25) is 9.20 Å². The molecule has 3 rings (SSSR count). The van der Waals surface area contributed by atoms with Crippen LogP contribution >= 0.6 is 0 Å². The second-order valence-corrected chi connectivity index (χ2v) is 4.60. The highest BCUT2D eigenvalue weighted by molar-refractivity contribution is 5.37. The van der Waals surface area contributed by atoms with Crippen LogP contribution in [0.4, 0.5) is 0 Å². The summed E-state index contributed by atoms with van der Waals surface area (Å²) < 4.78 is 1.54. The molecule has 4 nitrogen and oxygen atoms in total. The van der Waals surface area contributed by atoms with E-state index in [2.05, 4.69) is 22.4 Å². The Kier molecular flexibility index (Phi) is 3.56. The topological polar surface area (TPSA) is 46.4 Å². The Hall–Kier alpha value is -2.46. The van der Waals surface area contributed by atoms with Gasteiger partial charge in [0, 0.05) is 25.4 Å². The third kappa shape index (κ3) is 2.75. The fraction of sp³-hybridized carbons (Fsp3) is 0.125. The normalized spacial score (nSPS) is 10.8. The van der Waals surface area contributed by atoms with Gasteiger partial charge < -0.3 is 5.32 Å². The van der Waals surface area contributed by atoms with Crippen molar-refractivity contribution in [3.8, 4) is 0 Å². The molecule has 4 heteroatoms. The zero-order valence-electron chi connectivity index (χ0n) is 11.0. The number of aromatic nitrogens is 2. The van der Waals surface area contributed by atoms with E-state index in [1.807, 2.05) is 36.4 Å². The molecule has 0 aliphatic carbocycles. The minimum Gasteiger partial charge on any atom is -0.307 e. The van der Waals surface area contributed by atoms with Gasteiger partial charge in [0.05, 0.1) is 5.69 Å². The molecular weight excluding hydrogens is 250 g/mol. The lowest BCUT2D eigenvalue weighted by molar-refractivity contribution is 0.678. The number of nitrogens with zero attached hydrogens (tertiary/aromatic N) is 2. The number of nitrogens with one attached hydrogen (secondary N) is 1. The standard InChI is InChI=1S/C16H15N3O/c20-16-10-14(18-15-8-4-5-9-19(15)16)12-17-11-13-6-2-1-3-7-13/h1-10,17H,11-12H2. The number of hydrogen-bond acceptors (Lipinski definition) is 3. The summed E-state index contributed by atoms with van der Waals surface area (Å²) in [6.45, 7) is 1.34. The zero-order chi connectivity index (χ0) is 13.8. The van der Waals surface area contributed by atoms with Crippen LogP contribution in [0.5, 0.6) is 0 Å². The quantitative estimate of drug-likeness (QED) is 0.784. The minimum atomic E-state index is -0.0490. The average molecular weight is 265 g/mol. The Morgan fingerprint density at radius 1 is 1.00 bits per heavy atom. The SMILES string of the molecule is O=c1cc(CNCc2ccccc2)nc2ccccn12. The van der Waals surface area contributed by atoms with E-state index in [1.54, 1.807) is 16.7 Å². The predicted molar refractivity (Wildman–Crippen MR) is 78.4 cm³/mol. The minimum absolute atomic E-state index is 0.0490. The molecule has 2 heterocycles. The molecule has 0 saturated heterocycles. The molecule has 0 fully saturated rings. The van der Waals surface area contributed by atoms with E-state index in [-0.39, 0.29) is 5.56 Å². The highest BCUT2D eigenvalue weighted by Gasteiger charge is 2.01. The largest absolute Gasteiger partial charge is 0.307 e. The van der Waals surface area contributed by atoms with Crippen molar-refractivity contribution in [2.45, 2.75) is 13.1 Å². The number of hydrogen-bond donors (Lipinski definition) is 1. The summed E-state index contributed by atoms with van der Waals surface area (Å²) in [6.07, 6.45) is 1.73. The van der Waals surface area contributed by atoms with Crippen LogP contribution in [0.1, 0.15) is 11.3 Å². The molecule has 0 aliphatic heterocycles. The number of fused-ring (bicyclic) bond motifs is 1. The van der Waals surface area contributed by atoms with Crippen molar-refractivity contribution in [3.63, 3.8) is 0 Å². The molecule has 0 amide bonds. The molecule has 1 N–H and O–H groups in total. The van der Waals surface area contributed by atoms with Gasteiger partial charge in [-0.1, -0.05) is 36.4 Å². The Labute approximate surface area is 116 Å². The van der Waals surface area contributed by atoms with Crippen LogP contribution in [0.2, 0.25) is 0 Å². The molecule has 0 spiro atoms. The highest BCUT2D eigenvalue weighted by Crippen LogP contribution is 2.00. The van der Waals surface area contributed by atoms with Crippen molar-refractivity contribution < 1.29 is 0 Å². The molecule has 0 unspecified atom stereocenters. The Morgan fingerprint density at radius 3 is 2.65 bits per heavy atom. The molecule has 2 aromatic heterocycles. The lowest BCUT2D eigenvalue weighted by Gasteiger charge is -2.06. The molecule has 0 atom stereocenters. The van der Waals surface area contributed by atoms with Gasteiger partial charge in [0.1, 0.15) is 5.65 Å². The molecule has 20 heavy (non-hydrogen) atoms. The van der Waals surface area contributed by atoms with Gasteiger partial charge in [-0.05, 0) is 17.7 Å². The van der Waals surface area contributed by atoms with E-state index in [4.69, 9.17) is 0 Å². The van der Waals surface area contributed by atoms with Crippen molar-refractivity contribution in [1.29, 1.82) is 0 Å². The first-order valence-electron chi connectivity index (χ1n) is 6.55. The second-order valence-electron chi connectivity index (χ2n) is 4.60. The van der Waals surface area contributed by atoms with E-state index >= 15 is 0 Å². The van der Waals surface area contributed by atoms with Gasteiger partial charge >= 0.3 is 0 Å². The summed E-state index contributed by atoms with van der Waals surface area (Å²) in [7, 11) is 0. The molecule has 3 aromatic rings. The maximum Gasteiger partial charge on any atom is 0.258 e. The van der Waals surface area contributed by atoms with Crippen molar-refractivity contribution in [3.05, 3.63) is 82.4 Å². The summed E-state index contributed by atoms with van der Waals surface area (Å²) >= 11 is 0. The first kappa shape index (κ1) is 12.6. The van der Waals surface area contributed by atoms with Crippen LogP contribution in [0.3, 0.4) is 0 Å². The third-order valence-corrected chi connectivity index (χ3v) is 3.10. The van der Waals surface area contributed by atoms with E-state index in [0.717, 1.165) is 12.2 Å². The van der Waals surface area contributed by atoms with E-state index in [9.17, 15) is 4.79 Å². The van der Waals surface area contributed by atoms with Crippen molar-refractivity contribution in [1.82, 2.24) is 14.7 Å². The molecule has 0 saturated carbocycles. The van der Waals surface area contributed by atoms with Gasteiger partial charge in [0.2, 0.25) is 0 Å². The number of pyridine rings is 1. The van der Waals surface area contributed by atoms with Crippen molar-refractivity contribution >= 4 is 5.65 Å². The smallest absolute Gasteiger partial charge is 0.258 e. The molecule has 100 valence electrons. The van der Waals surface area contributed by atoms with Gasteiger partial charge in [-0.15, -0.1) is 0 Å². The first-order valence-corrected chi connectivity index (χ1v) is 6.55. The highest BCUT2D eigenvalue weighted by atomic mass is 16.1. The van der Waals surface area contributed by atoms with Crippen LogP contribution in [0.25, 0.3) is 5.65 Å². The summed E-state index contributed by atoms with van der Waals surface area (Å²) in [5, 5.41) is 3.30. The van der Waals surface area contributed by atoms with Gasteiger partial charge in [0.15, 0.2) is 0 Å². The Morgan fingerprint density at radius 2 is 1.80 bits per heavy atom. The van der Waals surface area contributed by atoms with E-state index in [0.29, 0.717) is 12.2 Å². The van der Waals surface area contributed by atoms with Crippen LogP contribution in [0, 0.1) is 0 Å². The Balaban J connectivity index is 1.73. The fourth-order valence-electron chi connectivity index (χ4n) is 2.12. The predicted octanol–water partition coefficient (Wildman–Crippen LogP) is 1.98. The lowest BCUT2D eigenvalue weighted by atomic mass is 10.2. The average Bonchev–Trinajstić information content (AvgIpc) is 2.48. The second kappa shape index (κ2) is 5.67. The maximum absolute atomic E-state index is 11.9. The van der Waals surface area contributed by atoms with Crippen molar-refractivity contribution in [2.24, 2.45) is 0 Å². The number of rotatable bonds is 4. The summed E-state index contributed by atoms with van der Waals surface area (Å²) in [5.74, 6) is 0. The van der Waals surface area contributed by atoms with E-state index in [1.165, 1.54) is 5.56 Å². The monoisotopic (exact) mass is 265 g/mol. The maximum atomic E-state index is 11.9. The summed E-state index contributed by atoms with van der Waals surface area (Å²) in [4.78, 5) is 16.4. The first-order chi connectivity index (χ1) is 9.83. The van der Waals surface area contributed by atoms with Crippen LogP contribution in [-0.4, -0.2) is 9.38 Å². The summed E-state index contributed by atoms with van der Waals surface area (Å²) in [5.41, 5.74) is 2.60. The molecule has 0 aliphatic rings. The van der Waals surface area contributed by atoms with E-state index < -0.39 is 0 Å². The zero-order valence-corrected chi connectivity index (χ0v) is 11.0. The van der Waals surface area contributed by atoms with Crippen LogP contribution < -0.4 is 10.9 Å². The molecule has 0 bridgehead atoms. The van der Waals surface area contributed by atoms with Gasteiger partial charge in [0.25, 0.3) is 5.56 Å². The van der Waals surface area contributed by atoms with Gasteiger partial charge in [-0.2, -0.15) is 0 Å². The van der Waals surface area contributed by atoms with Crippen molar-refractivity contribution in [2.75, 3.05) is 0 Å². The summed E-state index contributed by atoms with van der Waals surface area (Å²) in [6, 6.07) is 17.3. The molecular formula is C16H15N3O. The Bertz CT molecular complexity index is 765. The lowest BCUT2D eigenvalue weighted by Crippen LogP contribution is -2.19. The molecule has 0 radical (unpaired) electrons. The molecule has 1 aromatic carbocycles. The number of benzene rings is 1. The fourth-order valence-corrected chi connectivity index (χ4v) is 2.12. The third-order valence-electron chi connectivity index (χ3n) is 3.10. The van der Waals surface area contributed by atoms with Crippen LogP contribution in [-0.2, 0) is 13.1 Å².